The van der Waals surface area contributed by atoms with Gasteiger partial charge in [-0.1, -0.05) is 30.3 Å². The van der Waals surface area contributed by atoms with E-state index in [1.807, 2.05) is 30.3 Å². The molecule has 0 aliphatic rings. The number of carboxylic acid groups (broad SMARTS) is 1. The third-order valence-corrected chi connectivity index (χ3v) is 3.08. The van der Waals surface area contributed by atoms with Gasteiger partial charge in [-0.05, 0) is 25.3 Å². The molecule has 0 aromatic heterocycles. The highest BCUT2D eigenvalue weighted by molar-refractivity contribution is 5.74. The minimum absolute atomic E-state index is 0.0269. The highest BCUT2D eigenvalue weighted by Crippen LogP contribution is 2.08. The fraction of sp³-hybridized carbons (Fsp3) is 0.412. The van der Waals surface area contributed by atoms with E-state index in [0.29, 0.717) is 25.8 Å². The Morgan fingerprint density at radius 3 is 2.64 bits per heavy atom. The maximum absolute atomic E-state index is 11.8. The maximum atomic E-state index is 11.8. The lowest BCUT2D eigenvalue weighted by Gasteiger charge is -2.18. The molecule has 118 valence electrons. The molecule has 3 N–H and O–H groups in total. The van der Waals surface area contributed by atoms with Gasteiger partial charge >= 0.3 is 12.0 Å². The summed E-state index contributed by atoms with van der Waals surface area (Å²) < 4.78 is 0. The van der Waals surface area contributed by atoms with Crippen molar-refractivity contribution in [2.75, 3.05) is 6.54 Å². The molecule has 0 radical (unpaired) electrons. The molecule has 0 fully saturated rings. The Balaban J connectivity index is 2.51. The van der Waals surface area contributed by atoms with Crippen LogP contribution in [0, 0.1) is 11.8 Å². The van der Waals surface area contributed by atoms with Crippen molar-refractivity contribution in [1.29, 1.82) is 0 Å². The van der Waals surface area contributed by atoms with Crippen molar-refractivity contribution >= 4 is 12.0 Å². The number of hydrogen-bond acceptors (Lipinski definition) is 2. The van der Waals surface area contributed by atoms with Crippen molar-refractivity contribution in [3.8, 4) is 11.8 Å². The van der Waals surface area contributed by atoms with E-state index in [4.69, 9.17) is 5.11 Å². The molecule has 1 atom stereocenters. The lowest BCUT2D eigenvalue weighted by atomic mass is 10.0. The van der Waals surface area contributed by atoms with Gasteiger partial charge in [0.15, 0.2) is 0 Å². The quantitative estimate of drug-likeness (QED) is 0.509. The Labute approximate surface area is 131 Å². The summed E-state index contributed by atoms with van der Waals surface area (Å²) in [7, 11) is 0. The Morgan fingerprint density at radius 2 is 2.00 bits per heavy atom. The molecule has 0 saturated heterocycles. The summed E-state index contributed by atoms with van der Waals surface area (Å²) in [6.45, 7) is 2.23. The van der Waals surface area contributed by atoms with Gasteiger partial charge in [-0.3, -0.25) is 4.79 Å². The van der Waals surface area contributed by atoms with Crippen molar-refractivity contribution in [3.63, 3.8) is 0 Å². The van der Waals surface area contributed by atoms with Crippen LogP contribution in [0.25, 0.3) is 0 Å². The summed E-state index contributed by atoms with van der Waals surface area (Å²) in [5.74, 6) is 4.76. The Hall–Kier alpha value is -2.48. The molecule has 1 rings (SSSR count). The van der Waals surface area contributed by atoms with E-state index in [2.05, 4.69) is 22.5 Å². The second-order valence-corrected chi connectivity index (χ2v) is 4.90. The fourth-order valence-electron chi connectivity index (χ4n) is 2.02. The number of urea groups is 1. The number of nitrogens with one attached hydrogen (secondary N) is 2. The first-order chi connectivity index (χ1) is 10.6. The minimum atomic E-state index is -0.863. The molecule has 1 unspecified atom stereocenters. The summed E-state index contributed by atoms with van der Waals surface area (Å²) in [6, 6.07) is 9.19. The van der Waals surface area contributed by atoms with E-state index in [1.54, 1.807) is 6.92 Å². The van der Waals surface area contributed by atoms with Gasteiger partial charge in [0.1, 0.15) is 0 Å². The highest BCUT2D eigenvalue weighted by atomic mass is 16.4. The van der Waals surface area contributed by atoms with E-state index in [0.717, 1.165) is 5.56 Å². The van der Waals surface area contributed by atoms with Gasteiger partial charge in [-0.2, -0.15) is 0 Å². The largest absolute Gasteiger partial charge is 0.481 e. The second-order valence-electron chi connectivity index (χ2n) is 4.90. The van der Waals surface area contributed by atoms with Crippen molar-refractivity contribution < 1.29 is 14.7 Å². The van der Waals surface area contributed by atoms with E-state index < -0.39 is 5.97 Å². The summed E-state index contributed by atoms with van der Waals surface area (Å²) >= 11 is 0. The van der Waals surface area contributed by atoms with Crippen LogP contribution in [0.3, 0.4) is 0 Å². The zero-order chi connectivity index (χ0) is 16.2. The molecule has 0 aliphatic heterocycles. The first kappa shape index (κ1) is 17.6. The predicted octanol–water partition coefficient (Wildman–Crippen LogP) is 2.18. The van der Waals surface area contributed by atoms with Crippen molar-refractivity contribution in [3.05, 3.63) is 35.9 Å². The van der Waals surface area contributed by atoms with E-state index in [1.165, 1.54) is 0 Å². The van der Waals surface area contributed by atoms with Crippen LogP contribution in [0.15, 0.2) is 30.3 Å². The standard InChI is InChI=1S/C17H22N2O3/c1-2-3-7-12-18-17(22)19-15(10-11-16(20)21)13-14-8-5-4-6-9-14/h4-6,8-9,15H,7,10-13H2,1H3,(H,20,21)(H2,18,19,22). The molecule has 0 saturated carbocycles. The van der Waals surface area contributed by atoms with Gasteiger partial charge in [0.2, 0.25) is 0 Å². The Bertz CT molecular complexity index is 532. The van der Waals surface area contributed by atoms with E-state index in [9.17, 15) is 9.59 Å². The van der Waals surface area contributed by atoms with E-state index >= 15 is 0 Å². The summed E-state index contributed by atoms with van der Waals surface area (Å²) in [6.07, 6.45) is 1.63. The molecule has 5 nitrogen and oxygen atoms in total. The molecule has 5 heteroatoms. The van der Waals surface area contributed by atoms with Crippen LogP contribution in [0.5, 0.6) is 0 Å². The van der Waals surface area contributed by atoms with Gasteiger partial charge < -0.3 is 15.7 Å². The smallest absolute Gasteiger partial charge is 0.315 e. The minimum Gasteiger partial charge on any atom is -0.481 e. The number of rotatable bonds is 8. The molecule has 0 bridgehead atoms. The Kier molecular flexibility index (Phi) is 8.21. The molecular weight excluding hydrogens is 280 g/mol. The number of carbonyl (C=O) groups excluding carboxylic acids is 1. The Morgan fingerprint density at radius 1 is 1.27 bits per heavy atom. The SMILES string of the molecule is CC#CCCNC(=O)NC(CCC(=O)O)Cc1ccccc1. The number of benzene rings is 1. The number of hydrogen-bond donors (Lipinski definition) is 3. The molecule has 22 heavy (non-hydrogen) atoms. The maximum Gasteiger partial charge on any atom is 0.315 e. The highest BCUT2D eigenvalue weighted by Gasteiger charge is 2.14. The number of amides is 2. The van der Waals surface area contributed by atoms with Crippen molar-refractivity contribution in [2.45, 2.75) is 38.6 Å². The lowest BCUT2D eigenvalue weighted by Crippen LogP contribution is -2.43. The van der Waals surface area contributed by atoms with Gasteiger partial charge in [0.05, 0.1) is 0 Å². The molecule has 0 spiro atoms. The van der Waals surface area contributed by atoms with Gasteiger partial charge in [0.25, 0.3) is 0 Å². The van der Waals surface area contributed by atoms with Gasteiger partial charge in [-0.25, -0.2) is 4.79 Å². The van der Waals surface area contributed by atoms with Crippen molar-refractivity contribution in [1.82, 2.24) is 10.6 Å². The third kappa shape index (κ3) is 7.95. The first-order valence-electron chi connectivity index (χ1n) is 7.31. The molecule has 0 heterocycles. The number of carboxylic acids is 1. The van der Waals surface area contributed by atoms with Crippen LogP contribution in [0.4, 0.5) is 4.79 Å². The van der Waals surface area contributed by atoms with Gasteiger partial charge in [-0.15, -0.1) is 11.8 Å². The molecular formula is C17H22N2O3. The topological polar surface area (TPSA) is 78.4 Å². The number of carbonyl (C=O) groups is 2. The van der Waals surface area contributed by atoms with Gasteiger partial charge in [0, 0.05) is 25.4 Å². The lowest BCUT2D eigenvalue weighted by molar-refractivity contribution is -0.137. The van der Waals surface area contributed by atoms with Crippen LogP contribution in [0.2, 0.25) is 0 Å². The fourth-order valence-corrected chi connectivity index (χ4v) is 2.02. The average molecular weight is 302 g/mol. The zero-order valence-electron chi connectivity index (χ0n) is 12.8. The van der Waals surface area contributed by atoms with Crippen LogP contribution in [-0.2, 0) is 11.2 Å². The average Bonchev–Trinajstić information content (AvgIpc) is 2.50. The van der Waals surface area contributed by atoms with Crippen LogP contribution < -0.4 is 10.6 Å². The number of aliphatic carboxylic acids is 1. The van der Waals surface area contributed by atoms with Crippen LogP contribution in [-0.4, -0.2) is 29.7 Å². The van der Waals surface area contributed by atoms with Crippen LogP contribution in [0.1, 0.15) is 31.7 Å². The monoisotopic (exact) mass is 302 g/mol. The van der Waals surface area contributed by atoms with Crippen LogP contribution >= 0.6 is 0 Å². The normalized spacial score (nSPS) is 11.0. The molecule has 1 aromatic carbocycles. The summed E-state index contributed by atoms with van der Waals surface area (Å²) in [4.78, 5) is 22.6. The zero-order valence-corrected chi connectivity index (χ0v) is 12.8. The second kappa shape index (κ2) is 10.3. The summed E-state index contributed by atoms with van der Waals surface area (Å²) in [5.41, 5.74) is 1.06. The summed E-state index contributed by atoms with van der Waals surface area (Å²) in [5, 5.41) is 14.4. The predicted molar refractivity (Wildman–Crippen MR) is 85.4 cm³/mol. The molecule has 2 amide bonds. The van der Waals surface area contributed by atoms with Crippen molar-refractivity contribution in [2.24, 2.45) is 0 Å². The van der Waals surface area contributed by atoms with E-state index in [-0.39, 0.29) is 18.5 Å². The molecule has 0 aliphatic carbocycles. The molecule has 1 aromatic rings. The third-order valence-electron chi connectivity index (χ3n) is 3.08. The first-order valence-corrected chi connectivity index (χ1v) is 7.31.